The third-order valence-electron chi connectivity index (χ3n) is 6.22. The normalized spacial score (nSPS) is 15.4. The van der Waals surface area contributed by atoms with Crippen LogP contribution in [0, 0.1) is 12.3 Å². The number of pyridine rings is 2. The van der Waals surface area contributed by atoms with E-state index in [4.69, 9.17) is 17.1 Å². The number of carbonyl (C=O) groups excluding carboxylic acids is 1. The summed E-state index contributed by atoms with van der Waals surface area (Å²) in [4.78, 5) is 24.6. The average Bonchev–Trinajstić information content (AvgIpc) is 2.93. The van der Waals surface area contributed by atoms with Gasteiger partial charge in [0.05, 0.1) is 5.56 Å². The molecule has 6 heteroatoms. The van der Waals surface area contributed by atoms with E-state index in [9.17, 15) is 4.79 Å². The lowest BCUT2D eigenvalue weighted by atomic mass is 10.0. The average molecular weight is 460 g/mol. The molecule has 172 valence electrons. The van der Waals surface area contributed by atoms with E-state index in [1.54, 1.807) is 18.3 Å². The molecule has 0 spiro atoms. The summed E-state index contributed by atoms with van der Waals surface area (Å²) in [7, 11) is 0. The molecular formula is C29H25N5O. The maximum Gasteiger partial charge on any atom is 0.215 e. The first-order valence-electron chi connectivity index (χ1n) is 11.5. The monoisotopic (exact) mass is 459 g/mol. The highest BCUT2D eigenvalue weighted by Crippen LogP contribution is 2.26. The van der Waals surface area contributed by atoms with Crippen molar-refractivity contribution in [1.82, 2.24) is 15.3 Å². The smallest absolute Gasteiger partial charge is 0.215 e. The minimum Gasteiger partial charge on any atom is -0.383 e. The number of nitrogens with zero attached hydrogens (tertiary/aromatic N) is 3. The Bertz CT molecular complexity index is 1390. The Labute approximate surface area is 204 Å². The molecule has 1 atom stereocenters. The van der Waals surface area contributed by atoms with Crippen molar-refractivity contribution in [3.8, 4) is 23.5 Å². The number of carbonyl (C=O) groups is 1. The van der Waals surface area contributed by atoms with E-state index in [1.807, 2.05) is 54.6 Å². The van der Waals surface area contributed by atoms with Crippen molar-refractivity contribution in [2.75, 3.05) is 30.3 Å². The predicted octanol–water partition coefficient (Wildman–Crippen LogP) is 4.09. The first kappa shape index (κ1) is 22.3. The Morgan fingerprint density at radius 1 is 1.03 bits per heavy atom. The van der Waals surface area contributed by atoms with Gasteiger partial charge in [-0.2, -0.15) is 0 Å². The second kappa shape index (κ2) is 9.80. The minimum atomic E-state index is -0.256. The van der Waals surface area contributed by atoms with E-state index in [0.29, 0.717) is 11.3 Å². The van der Waals surface area contributed by atoms with Gasteiger partial charge in [-0.25, -0.2) is 9.97 Å². The number of nitrogens with two attached hydrogens (primary N) is 1. The van der Waals surface area contributed by atoms with Crippen molar-refractivity contribution in [2.45, 2.75) is 6.04 Å². The summed E-state index contributed by atoms with van der Waals surface area (Å²) in [5.41, 5.74) is 10.5. The van der Waals surface area contributed by atoms with Gasteiger partial charge >= 0.3 is 0 Å². The molecule has 0 amide bonds. The van der Waals surface area contributed by atoms with Gasteiger partial charge in [0.15, 0.2) is 0 Å². The van der Waals surface area contributed by atoms with Gasteiger partial charge in [-0.05, 0) is 41.5 Å². The molecule has 3 heterocycles. The van der Waals surface area contributed by atoms with Crippen LogP contribution in [0.25, 0.3) is 11.1 Å². The lowest BCUT2D eigenvalue weighted by molar-refractivity contribution is 0.103. The van der Waals surface area contributed by atoms with Crippen molar-refractivity contribution in [3.63, 3.8) is 0 Å². The van der Waals surface area contributed by atoms with Crippen LogP contribution in [0.5, 0.6) is 0 Å². The number of ketones is 1. The van der Waals surface area contributed by atoms with Crippen LogP contribution in [0.15, 0.2) is 85.1 Å². The van der Waals surface area contributed by atoms with Gasteiger partial charge in [0.1, 0.15) is 17.3 Å². The van der Waals surface area contributed by atoms with Crippen molar-refractivity contribution >= 4 is 17.4 Å². The number of piperazine rings is 1. The van der Waals surface area contributed by atoms with Crippen LogP contribution in [-0.4, -0.2) is 35.4 Å². The quantitative estimate of drug-likeness (QED) is 0.346. The second-order valence-corrected chi connectivity index (χ2v) is 8.45. The molecule has 0 bridgehead atoms. The Morgan fingerprint density at radius 3 is 2.60 bits per heavy atom. The summed E-state index contributed by atoms with van der Waals surface area (Å²) in [5, 5.41) is 3.56. The number of nitrogens with one attached hydrogen (secondary N) is 1. The Balaban J connectivity index is 1.40. The first-order chi connectivity index (χ1) is 17.1. The third kappa shape index (κ3) is 4.77. The van der Waals surface area contributed by atoms with Crippen LogP contribution in [0.1, 0.15) is 33.2 Å². The van der Waals surface area contributed by atoms with Gasteiger partial charge in [-0.1, -0.05) is 54.5 Å². The first-order valence-corrected chi connectivity index (χ1v) is 11.5. The minimum absolute atomic E-state index is 0.178. The number of hydrogen-bond acceptors (Lipinski definition) is 6. The van der Waals surface area contributed by atoms with Crippen LogP contribution >= 0.6 is 0 Å². The molecule has 0 saturated carbocycles. The standard InChI is InChI=1S/C29H25N5O/c1-2-20-11-13-21(14-12-20)23-17-24(29(30)32-18-23)28(35)25-9-6-10-27(33-25)34-16-15-31-26(19-34)22-7-4-3-5-8-22/h1,3-14,17-18,26,31H,15-16,19H2,(H2,30,32). The molecule has 4 aromatic rings. The number of terminal acetylenes is 1. The summed E-state index contributed by atoms with van der Waals surface area (Å²) in [6, 6.07) is 25.4. The van der Waals surface area contributed by atoms with Gasteiger partial charge in [0, 0.05) is 43.0 Å². The number of nitrogen functional groups attached to an aromatic ring is 1. The predicted molar refractivity (Wildman–Crippen MR) is 139 cm³/mol. The largest absolute Gasteiger partial charge is 0.383 e. The summed E-state index contributed by atoms with van der Waals surface area (Å²) < 4.78 is 0. The lowest BCUT2D eigenvalue weighted by Crippen LogP contribution is -2.46. The summed E-state index contributed by atoms with van der Waals surface area (Å²) >= 11 is 0. The van der Waals surface area contributed by atoms with E-state index in [1.165, 1.54) is 5.56 Å². The highest BCUT2D eigenvalue weighted by molar-refractivity contribution is 6.11. The lowest BCUT2D eigenvalue weighted by Gasteiger charge is -2.35. The highest BCUT2D eigenvalue weighted by atomic mass is 16.1. The molecule has 3 N–H and O–H groups in total. The molecular weight excluding hydrogens is 434 g/mol. The van der Waals surface area contributed by atoms with E-state index < -0.39 is 0 Å². The summed E-state index contributed by atoms with van der Waals surface area (Å²) in [6.45, 7) is 2.40. The number of rotatable bonds is 5. The number of anilines is 2. The van der Waals surface area contributed by atoms with Gasteiger partial charge in [-0.3, -0.25) is 4.79 Å². The van der Waals surface area contributed by atoms with Crippen molar-refractivity contribution in [1.29, 1.82) is 0 Å². The molecule has 1 fully saturated rings. The van der Waals surface area contributed by atoms with Crippen LogP contribution < -0.4 is 16.0 Å². The molecule has 1 aliphatic heterocycles. The second-order valence-electron chi connectivity index (χ2n) is 8.45. The van der Waals surface area contributed by atoms with Crippen LogP contribution in [0.2, 0.25) is 0 Å². The third-order valence-corrected chi connectivity index (χ3v) is 6.22. The zero-order valence-corrected chi connectivity index (χ0v) is 19.2. The maximum absolute atomic E-state index is 13.4. The van der Waals surface area contributed by atoms with Crippen molar-refractivity contribution < 1.29 is 4.79 Å². The van der Waals surface area contributed by atoms with Crippen LogP contribution in [0.3, 0.4) is 0 Å². The Kier molecular flexibility index (Phi) is 6.25. The van der Waals surface area contributed by atoms with E-state index in [-0.39, 0.29) is 17.6 Å². The molecule has 0 radical (unpaired) electrons. The fraction of sp³-hybridized carbons (Fsp3) is 0.138. The van der Waals surface area contributed by atoms with E-state index in [0.717, 1.165) is 42.1 Å². The molecule has 1 unspecified atom stereocenters. The topological polar surface area (TPSA) is 84.1 Å². The van der Waals surface area contributed by atoms with Gasteiger partial charge < -0.3 is 16.0 Å². The fourth-order valence-corrected chi connectivity index (χ4v) is 4.30. The molecule has 2 aromatic carbocycles. The summed E-state index contributed by atoms with van der Waals surface area (Å²) in [5.74, 6) is 3.30. The van der Waals surface area contributed by atoms with Crippen molar-refractivity contribution in [2.24, 2.45) is 0 Å². The molecule has 1 aliphatic rings. The number of aromatic nitrogens is 2. The zero-order valence-electron chi connectivity index (χ0n) is 19.2. The Hall–Kier alpha value is -4.47. The van der Waals surface area contributed by atoms with Gasteiger partial charge in [0.25, 0.3) is 0 Å². The SMILES string of the molecule is C#Cc1ccc(-c2cnc(N)c(C(=O)c3cccc(N4CCNC(c5ccccc5)C4)n3)c2)cc1. The van der Waals surface area contributed by atoms with E-state index >= 15 is 0 Å². The highest BCUT2D eigenvalue weighted by Gasteiger charge is 2.23. The van der Waals surface area contributed by atoms with Crippen LogP contribution in [0.4, 0.5) is 11.6 Å². The molecule has 0 aliphatic carbocycles. The molecule has 1 saturated heterocycles. The number of benzene rings is 2. The molecule has 6 nitrogen and oxygen atoms in total. The molecule has 2 aromatic heterocycles. The van der Waals surface area contributed by atoms with Gasteiger partial charge in [0.2, 0.25) is 5.78 Å². The molecule has 35 heavy (non-hydrogen) atoms. The van der Waals surface area contributed by atoms with Crippen LogP contribution in [-0.2, 0) is 0 Å². The number of hydrogen-bond donors (Lipinski definition) is 2. The fourth-order valence-electron chi connectivity index (χ4n) is 4.30. The Morgan fingerprint density at radius 2 is 1.83 bits per heavy atom. The van der Waals surface area contributed by atoms with E-state index in [2.05, 4.69) is 33.3 Å². The molecule has 5 rings (SSSR count). The summed E-state index contributed by atoms with van der Waals surface area (Å²) in [6.07, 6.45) is 7.11. The zero-order chi connectivity index (χ0) is 24.2. The van der Waals surface area contributed by atoms with Gasteiger partial charge in [-0.15, -0.1) is 6.42 Å². The van der Waals surface area contributed by atoms with Crippen molar-refractivity contribution in [3.05, 3.63) is 107 Å². The maximum atomic E-state index is 13.4.